The smallest absolute Gasteiger partial charge is 0.281 e. The Morgan fingerprint density at radius 2 is 2.12 bits per heavy atom. The number of hydrogen-bond donors (Lipinski definition) is 0. The highest BCUT2D eigenvalue weighted by atomic mass is 32.2. The van der Waals surface area contributed by atoms with E-state index in [4.69, 9.17) is 0 Å². The van der Waals surface area contributed by atoms with Gasteiger partial charge >= 0.3 is 0 Å². The third kappa shape index (κ3) is 3.00. The van der Waals surface area contributed by atoms with E-state index in [0.717, 1.165) is 27.1 Å². The van der Waals surface area contributed by atoms with Crippen LogP contribution in [0.3, 0.4) is 0 Å². The predicted octanol–water partition coefficient (Wildman–Crippen LogP) is 3.14. The highest BCUT2D eigenvalue weighted by Gasteiger charge is 2.26. The maximum absolute atomic E-state index is 12.1. The van der Waals surface area contributed by atoms with E-state index in [9.17, 15) is 14.9 Å². The second-order valence-corrected chi connectivity index (χ2v) is 7.57. The topological polar surface area (TPSA) is 90.9 Å². The Balaban J connectivity index is 1.60. The molecule has 1 unspecified atom stereocenters. The van der Waals surface area contributed by atoms with Gasteiger partial charge in [0.05, 0.1) is 28.1 Å². The van der Waals surface area contributed by atoms with Crippen molar-refractivity contribution in [1.29, 1.82) is 0 Å². The van der Waals surface area contributed by atoms with Gasteiger partial charge in [0.15, 0.2) is 5.16 Å². The van der Waals surface area contributed by atoms with Crippen molar-refractivity contribution in [3.05, 3.63) is 63.2 Å². The summed E-state index contributed by atoms with van der Waals surface area (Å²) in [6.07, 6.45) is 3.30. The minimum Gasteiger partial charge on any atom is -0.314 e. The second kappa shape index (κ2) is 6.49. The van der Waals surface area contributed by atoms with Gasteiger partial charge in [-0.1, -0.05) is 11.8 Å². The number of nitro groups is 1. The molecule has 0 radical (unpaired) electrons. The van der Waals surface area contributed by atoms with E-state index in [-0.39, 0.29) is 17.3 Å². The summed E-state index contributed by atoms with van der Waals surface area (Å²) in [5, 5.41) is 12.0. The molecule has 7 nitrogen and oxygen atoms in total. The van der Waals surface area contributed by atoms with Crippen molar-refractivity contribution in [3.8, 4) is 0 Å². The summed E-state index contributed by atoms with van der Waals surface area (Å²) in [4.78, 5) is 31.7. The number of rotatable bonds is 4. The fourth-order valence-electron chi connectivity index (χ4n) is 2.74. The third-order valence-corrected chi connectivity index (χ3v) is 6.21. The molecule has 1 aliphatic rings. The first kappa shape index (κ1) is 16.1. The first-order chi connectivity index (χ1) is 12.1. The molecule has 0 aliphatic carbocycles. The fraction of sp³-hybridized carbons (Fsp3) is 0.188. The van der Waals surface area contributed by atoms with Gasteiger partial charge in [0.25, 0.3) is 11.2 Å². The van der Waals surface area contributed by atoms with Crippen LogP contribution < -0.4 is 5.56 Å². The zero-order chi connectivity index (χ0) is 17.4. The molecule has 3 heterocycles. The van der Waals surface area contributed by atoms with Crippen LogP contribution in [0.15, 0.2) is 57.6 Å². The van der Waals surface area contributed by atoms with Crippen LogP contribution >= 0.6 is 23.5 Å². The number of pyridine rings is 1. The van der Waals surface area contributed by atoms with E-state index in [1.54, 1.807) is 54.1 Å². The van der Waals surface area contributed by atoms with E-state index in [1.807, 2.05) is 0 Å². The lowest BCUT2D eigenvalue weighted by Gasteiger charge is -2.16. The summed E-state index contributed by atoms with van der Waals surface area (Å²) in [6.45, 7) is 0. The zero-order valence-corrected chi connectivity index (χ0v) is 14.5. The molecule has 9 heteroatoms. The lowest BCUT2D eigenvalue weighted by molar-refractivity contribution is -0.384. The molecule has 0 spiro atoms. The number of fused-ring (bicyclic) bond motifs is 3. The minimum absolute atomic E-state index is 0.0877. The van der Waals surface area contributed by atoms with Crippen LogP contribution in [0.4, 0.5) is 5.69 Å². The highest BCUT2D eigenvalue weighted by Crippen LogP contribution is 2.37. The van der Waals surface area contributed by atoms with Crippen molar-refractivity contribution in [3.63, 3.8) is 0 Å². The average Bonchev–Trinajstić information content (AvgIpc) is 3.03. The molecular formula is C16H12N4O3S2. The van der Waals surface area contributed by atoms with Gasteiger partial charge in [0.2, 0.25) is 0 Å². The maximum atomic E-state index is 12.1. The van der Waals surface area contributed by atoms with Crippen molar-refractivity contribution in [2.24, 2.45) is 0 Å². The lowest BCUT2D eigenvalue weighted by Crippen LogP contribution is -2.17. The van der Waals surface area contributed by atoms with Crippen molar-refractivity contribution in [2.75, 3.05) is 11.5 Å². The number of aromatic nitrogens is 3. The molecular weight excluding hydrogens is 360 g/mol. The second-order valence-electron chi connectivity index (χ2n) is 5.49. The average molecular weight is 372 g/mol. The molecule has 25 heavy (non-hydrogen) atoms. The van der Waals surface area contributed by atoms with Crippen molar-refractivity contribution >= 4 is 40.1 Å². The highest BCUT2D eigenvalue weighted by molar-refractivity contribution is 8.00. The molecule has 0 saturated carbocycles. The van der Waals surface area contributed by atoms with Crippen LogP contribution in [0, 0.1) is 10.1 Å². The first-order valence-corrected chi connectivity index (χ1v) is 9.47. The monoisotopic (exact) mass is 372 g/mol. The van der Waals surface area contributed by atoms with E-state index in [0.29, 0.717) is 5.39 Å². The van der Waals surface area contributed by atoms with E-state index in [2.05, 4.69) is 14.5 Å². The molecule has 0 N–H and O–H groups in total. The Labute approximate surface area is 150 Å². The Morgan fingerprint density at radius 1 is 1.32 bits per heavy atom. The molecule has 0 fully saturated rings. The van der Waals surface area contributed by atoms with Crippen LogP contribution in [0.2, 0.25) is 0 Å². The van der Waals surface area contributed by atoms with Crippen LogP contribution in [-0.2, 0) is 0 Å². The van der Waals surface area contributed by atoms with E-state index in [1.165, 1.54) is 12.1 Å². The van der Waals surface area contributed by atoms with Crippen molar-refractivity contribution < 1.29 is 4.92 Å². The number of hydrogen-bond acceptors (Lipinski definition) is 7. The molecule has 0 saturated heterocycles. The molecule has 2 aromatic heterocycles. The van der Waals surface area contributed by atoms with Crippen LogP contribution in [0.5, 0.6) is 0 Å². The van der Waals surface area contributed by atoms with Crippen LogP contribution in [-0.4, -0.2) is 31.0 Å². The van der Waals surface area contributed by atoms with Gasteiger partial charge in [0, 0.05) is 34.7 Å². The predicted molar refractivity (Wildman–Crippen MR) is 97.4 cm³/mol. The molecule has 126 valence electrons. The molecule has 0 amide bonds. The number of thioether (sulfide) groups is 2. The van der Waals surface area contributed by atoms with Gasteiger partial charge in [-0.15, -0.1) is 11.8 Å². The Bertz CT molecular complexity index is 1020. The summed E-state index contributed by atoms with van der Waals surface area (Å²) < 4.78 is 2.08. The van der Waals surface area contributed by atoms with E-state index >= 15 is 0 Å². The lowest BCUT2D eigenvalue weighted by atomic mass is 10.3. The maximum Gasteiger partial charge on any atom is 0.281 e. The summed E-state index contributed by atoms with van der Waals surface area (Å²) >= 11 is 3.20. The SMILES string of the molecule is O=c1nc2n(c3cnccc13)C(CSc1ccc([N+](=O)[O-])cc1)CS2. The molecule has 1 aromatic carbocycles. The minimum atomic E-state index is -0.403. The summed E-state index contributed by atoms with van der Waals surface area (Å²) in [5.41, 5.74) is 0.668. The van der Waals surface area contributed by atoms with Gasteiger partial charge in [-0.05, 0) is 18.2 Å². The van der Waals surface area contributed by atoms with Gasteiger partial charge in [-0.3, -0.25) is 19.9 Å². The standard InChI is InChI=1S/C16H12N4O3S2/c21-15-13-5-6-17-7-14(13)19-11(9-25-16(19)18-15)8-24-12-3-1-10(2-4-12)20(22)23/h1-7,11H,8-9H2. The van der Waals surface area contributed by atoms with Crippen LogP contribution in [0.1, 0.15) is 6.04 Å². The van der Waals surface area contributed by atoms with Crippen molar-refractivity contribution in [1.82, 2.24) is 14.5 Å². The number of nitrogens with zero attached hydrogens (tertiary/aromatic N) is 4. The van der Waals surface area contributed by atoms with Gasteiger partial charge in [0.1, 0.15) is 0 Å². The number of benzene rings is 1. The van der Waals surface area contributed by atoms with Gasteiger partial charge < -0.3 is 4.57 Å². The number of non-ortho nitro benzene ring substituents is 1. The molecule has 3 aromatic rings. The zero-order valence-electron chi connectivity index (χ0n) is 12.9. The number of nitro benzene ring substituents is 1. The summed E-state index contributed by atoms with van der Waals surface area (Å²) in [6, 6.07) is 8.42. The van der Waals surface area contributed by atoms with Gasteiger partial charge in [-0.25, -0.2) is 0 Å². The summed E-state index contributed by atoms with van der Waals surface area (Å²) in [5.74, 6) is 1.62. The Morgan fingerprint density at radius 3 is 2.88 bits per heavy atom. The Hall–Kier alpha value is -2.39. The largest absolute Gasteiger partial charge is 0.314 e. The molecule has 1 atom stereocenters. The third-order valence-electron chi connectivity index (χ3n) is 3.95. The molecule has 4 rings (SSSR count). The van der Waals surface area contributed by atoms with Gasteiger partial charge in [-0.2, -0.15) is 4.98 Å². The quantitative estimate of drug-likeness (QED) is 0.301. The normalized spacial score (nSPS) is 16.1. The summed E-state index contributed by atoms with van der Waals surface area (Å²) in [7, 11) is 0. The van der Waals surface area contributed by atoms with E-state index < -0.39 is 4.92 Å². The van der Waals surface area contributed by atoms with Crippen LogP contribution in [0.25, 0.3) is 10.9 Å². The Kier molecular flexibility index (Phi) is 4.18. The first-order valence-electron chi connectivity index (χ1n) is 7.50. The fourth-order valence-corrected chi connectivity index (χ4v) is 5.01. The molecule has 1 aliphatic heterocycles. The molecule has 0 bridgehead atoms. The van der Waals surface area contributed by atoms with Crippen molar-refractivity contribution in [2.45, 2.75) is 16.1 Å².